The highest BCUT2D eigenvalue weighted by Gasteiger charge is 2.52. The number of fused-ring (bicyclic) bond motifs is 1. The Kier molecular flexibility index (Phi) is 5.52. The van der Waals surface area contributed by atoms with Crippen molar-refractivity contribution in [2.24, 2.45) is 0 Å². The standard InChI is InChI=1S/C23H27N5O5/c1-22(2,3)33-21(32)27-10-8-26(9-11-27)16-5-4-15-13-28(19(30)17(15)12-16)23(14-24)7-6-18(29)25-20(23)31/h4-5,12H,6-11,13H2,1-3H3,(H,25,29,31). The lowest BCUT2D eigenvalue weighted by molar-refractivity contribution is -0.140. The maximum absolute atomic E-state index is 13.2. The van der Waals surface area contributed by atoms with Gasteiger partial charge >= 0.3 is 6.09 Å². The van der Waals surface area contributed by atoms with Crippen LogP contribution in [0.25, 0.3) is 0 Å². The minimum atomic E-state index is -1.69. The molecule has 2 saturated heterocycles. The average molecular weight is 453 g/mol. The van der Waals surface area contributed by atoms with Gasteiger partial charge in [-0.15, -0.1) is 0 Å². The highest BCUT2D eigenvalue weighted by Crippen LogP contribution is 2.35. The van der Waals surface area contributed by atoms with Crippen LogP contribution in [0.15, 0.2) is 18.2 Å². The predicted octanol–water partition coefficient (Wildman–Crippen LogP) is 1.40. The largest absolute Gasteiger partial charge is 0.444 e. The highest BCUT2D eigenvalue weighted by atomic mass is 16.6. The second-order valence-electron chi connectivity index (χ2n) is 9.54. The Bertz CT molecular complexity index is 1060. The van der Waals surface area contributed by atoms with Crippen LogP contribution in [-0.2, 0) is 20.9 Å². The van der Waals surface area contributed by atoms with E-state index in [1.807, 2.05) is 39.0 Å². The summed E-state index contributed by atoms with van der Waals surface area (Å²) in [7, 11) is 0. The summed E-state index contributed by atoms with van der Waals surface area (Å²) in [5.41, 5.74) is -0.230. The van der Waals surface area contributed by atoms with Crippen molar-refractivity contribution in [3.8, 4) is 6.07 Å². The van der Waals surface area contributed by atoms with Gasteiger partial charge in [0, 0.05) is 56.8 Å². The first-order valence-electron chi connectivity index (χ1n) is 11.0. The Morgan fingerprint density at radius 2 is 1.85 bits per heavy atom. The van der Waals surface area contributed by atoms with Crippen LogP contribution in [0, 0.1) is 11.3 Å². The molecule has 0 saturated carbocycles. The van der Waals surface area contributed by atoms with E-state index in [1.54, 1.807) is 11.0 Å². The summed E-state index contributed by atoms with van der Waals surface area (Å²) in [6.45, 7) is 7.79. The number of nitrogens with zero attached hydrogens (tertiary/aromatic N) is 4. The van der Waals surface area contributed by atoms with Gasteiger partial charge in [-0.1, -0.05) is 6.07 Å². The summed E-state index contributed by atoms with van der Waals surface area (Å²) in [5, 5.41) is 12.0. The Balaban J connectivity index is 1.47. The fraction of sp³-hybridized carbons (Fsp3) is 0.522. The molecule has 1 aromatic rings. The van der Waals surface area contributed by atoms with Gasteiger partial charge in [0.15, 0.2) is 0 Å². The summed E-state index contributed by atoms with van der Waals surface area (Å²) >= 11 is 0. The van der Waals surface area contributed by atoms with Crippen molar-refractivity contribution < 1.29 is 23.9 Å². The van der Waals surface area contributed by atoms with E-state index >= 15 is 0 Å². The highest BCUT2D eigenvalue weighted by molar-refractivity contribution is 6.09. The predicted molar refractivity (Wildman–Crippen MR) is 117 cm³/mol. The third-order valence-corrected chi connectivity index (χ3v) is 6.18. The first kappa shape index (κ1) is 22.6. The van der Waals surface area contributed by atoms with Gasteiger partial charge in [-0.2, -0.15) is 5.26 Å². The van der Waals surface area contributed by atoms with Crippen LogP contribution in [0.4, 0.5) is 10.5 Å². The smallest absolute Gasteiger partial charge is 0.410 e. The van der Waals surface area contributed by atoms with E-state index < -0.39 is 28.9 Å². The van der Waals surface area contributed by atoms with Crippen LogP contribution in [0.1, 0.15) is 49.5 Å². The average Bonchev–Trinajstić information content (AvgIpc) is 3.09. The molecular formula is C23H27N5O5. The molecule has 1 aromatic carbocycles. The summed E-state index contributed by atoms with van der Waals surface area (Å²) in [4.78, 5) is 54.6. The number of rotatable bonds is 2. The Morgan fingerprint density at radius 3 is 2.45 bits per heavy atom. The number of imide groups is 1. The molecule has 2 fully saturated rings. The number of nitriles is 1. The fourth-order valence-electron chi connectivity index (χ4n) is 4.39. The van der Waals surface area contributed by atoms with Gasteiger partial charge < -0.3 is 19.4 Å². The molecule has 1 N–H and O–H groups in total. The SMILES string of the molecule is CC(C)(C)OC(=O)N1CCN(c2ccc3c(c2)C(=O)N(C2(C#N)CCC(=O)NC2=O)C3)CC1. The van der Waals surface area contributed by atoms with Crippen molar-refractivity contribution in [1.29, 1.82) is 5.26 Å². The van der Waals surface area contributed by atoms with Crippen molar-refractivity contribution in [1.82, 2.24) is 15.1 Å². The Labute approximate surface area is 192 Å². The first-order valence-corrected chi connectivity index (χ1v) is 11.0. The van der Waals surface area contributed by atoms with Crippen LogP contribution in [-0.4, -0.2) is 70.9 Å². The van der Waals surface area contributed by atoms with E-state index in [2.05, 4.69) is 10.2 Å². The normalized spacial score (nSPS) is 23.2. The van der Waals surface area contributed by atoms with E-state index in [0.29, 0.717) is 31.7 Å². The molecule has 10 nitrogen and oxygen atoms in total. The Hall–Kier alpha value is -3.61. The van der Waals surface area contributed by atoms with Crippen LogP contribution in [0.3, 0.4) is 0 Å². The minimum absolute atomic E-state index is 0.00655. The van der Waals surface area contributed by atoms with Crippen LogP contribution >= 0.6 is 0 Å². The molecule has 4 amide bonds. The van der Waals surface area contributed by atoms with E-state index in [-0.39, 0.29) is 25.5 Å². The number of benzene rings is 1. The van der Waals surface area contributed by atoms with Gasteiger partial charge in [-0.05, 0) is 38.5 Å². The van der Waals surface area contributed by atoms with Gasteiger partial charge in [-0.25, -0.2) is 4.79 Å². The molecule has 3 aliphatic rings. The second kappa shape index (κ2) is 8.06. The van der Waals surface area contributed by atoms with Crippen molar-refractivity contribution in [2.75, 3.05) is 31.1 Å². The minimum Gasteiger partial charge on any atom is -0.444 e. The number of carbonyl (C=O) groups excluding carboxylic acids is 4. The molecular weight excluding hydrogens is 426 g/mol. The molecule has 3 heterocycles. The molecule has 3 aliphatic heterocycles. The monoisotopic (exact) mass is 453 g/mol. The maximum Gasteiger partial charge on any atom is 0.410 e. The Morgan fingerprint density at radius 1 is 1.15 bits per heavy atom. The summed E-state index contributed by atoms with van der Waals surface area (Å²) < 4.78 is 5.44. The molecule has 0 spiro atoms. The van der Waals surface area contributed by atoms with E-state index in [0.717, 1.165) is 11.3 Å². The maximum atomic E-state index is 13.2. The molecule has 10 heteroatoms. The van der Waals surface area contributed by atoms with E-state index in [1.165, 1.54) is 4.90 Å². The zero-order chi connectivity index (χ0) is 24.0. The molecule has 1 atom stereocenters. The molecule has 1 unspecified atom stereocenters. The number of hydrogen-bond acceptors (Lipinski definition) is 7. The van der Waals surface area contributed by atoms with Gasteiger partial charge in [0.25, 0.3) is 11.8 Å². The molecule has 33 heavy (non-hydrogen) atoms. The zero-order valence-corrected chi connectivity index (χ0v) is 19.0. The lowest BCUT2D eigenvalue weighted by Crippen LogP contribution is -2.62. The van der Waals surface area contributed by atoms with E-state index in [4.69, 9.17) is 4.74 Å². The number of nitrogens with one attached hydrogen (secondary N) is 1. The van der Waals surface area contributed by atoms with Gasteiger partial charge in [-0.3, -0.25) is 19.7 Å². The number of hydrogen-bond donors (Lipinski definition) is 1. The third kappa shape index (κ3) is 4.11. The lowest BCUT2D eigenvalue weighted by Gasteiger charge is -2.37. The molecule has 174 valence electrons. The molecule has 0 bridgehead atoms. The quantitative estimate of drug-likeness (QED) is 0.672. The van der Waals surface area contributed by atoms with Crippen molar-refractivity contribution in [3.63, 3.8) is 0 Å². The molecule has 0 aromatic heterocycles. The number of amides is 4. The molecule has 4 rings (SSSR count). The first-order chi connectivity index (χ1) is 15.5. The van der Waals surface area contributed by atoms with E-state index in [9.17, 15) is 24.4 Å². The zero-order valence-electron chi connectivity index (χ0n) is 19.0. The number of carbonyl (C=O) groups is 4. The van der Waals surface area contributed by atoms with Crippen LogP contribution in [0.2, 0.25) is 0 Å². The molecule has 0 radical (unpaired) electrons. The lowest BCUT2D eigenvalue weighted by atomic mass is 9.88. The topological polar surface area (TPSA) is 123 Å². The van der Waals surface area contributed by atoms with Crippen molar-refractivity contribution in [2.45, 2.75) is 51.3 Å². The summed E-state index contributed by atoms with van der Waals surface area (Å²) in [5.74, 6) is -1.59. The van der Waals surface area contributed by atoms with Crippen LogP contribution < -0.4 is 10.2 Å². The number of piperazine rings is 1. The number of ether oxygens (including phenoxy) is 1. The van der Waals surface area contributed by atoms with Crippen molar-refractivity contribution >= 4 is 29.5 Å². The van der Waals surface area contributed by atoms with Crippen molar-refractivity contribution in [3.05, 3.63) is 29.3 Å². The summed E-state index contributed by atoms with van der Waals surface area (Å²) in [6, 6.07) is 7.50. The summed E-state index contributed by atoms with van der Waals surface area (Å²) in [6.07, 6.45) is -0.354. The van der Waals surface area contributed by atoms with Gasteiger partial charge in [0.05, 0.1) is 0 Å². The second-order valence-corrected chi connectivity index (χ2v) is 9.54. The van der Waals surface area contributed by atoms with Crippen LogP contribution in [0.5, 0.6) is 0 Å². The van der Waals surface area contributed by atoms with Gasteiger partial charge in [0.1, 0.15) is 11.7 Å². The number of piperidine rings is 1. The fourth-order valence-corrected chi connectivity index (χ4v) is 4.39. The third-order valence-electron chi connectivity index (χ3n) is 6.18. The van der Waals surface area contributed by atoms with Gasteiger partial charge in [0.2, 0.25) is 11.4 Å². The molecule has 0 aliphatic carbocycles. The number of anilines is 1.